The lowest BCUT2D eigenvalue weighted by Gasteiger charge is -2.19. The van der Waals surface area contributed by atoms with Crippen LogP contribution in [0, 0.1) is 0 Å². The number of aromatic nitrogens is 3. The van der Waals surface area contributed by atoms with Crippen molar-refractivity contribution in [3.8, 4) is 0 Å². The van der Waals surface area contributed by atoms with Gasteiger partial charge in [0.05, 0.1) is 12.6 Å². The molecule has 0 saturated carbocycles. The summed E-state index contributed by atoms with van der Waals surface area (Å²) in [6.07, 6.45) is 4.19. The molecule has 0 saturated heterocycles. The van der Waals surface area contributed by atoms with Crippen molar-refractivity contribution < 1.29 is 4.79 Å². The van der Waals surface area contributed by atoms with Crippen LogP contribution in [0.2, 0.25) is 0 Å². The van der Waals surface area contributed by atoms with Crippen LogP contribution in [0.1, 0.15) is 44.9 Å². The number of amides is 1. The van der Waals surface area contributed by atoms with Gasteiger partial charge >= 0.3 is 0 Å². The van der Waals surface area contributed by atoms with Gasteiger partial charge in [-0.1, -0.05) is 49.4 Å². The molecule has 2 aromatic carbocycles. The molecular formula is C23H22N4OS. The van der Waals surface area contributed by atoms with Crippen molar-refractivity contribution in [2.45, 2.75) is 25.9 Å². The zero-order valence-electron chi connectivity index (χ0n) is 16.2. The van der Waals surface area contributed by atoms with Gasteiger partial charge in [-0.25, -0.2) is 9.67 Å². The van der Waals surface area contributed by atoms with Gasteiger partial charge in [0.1, 0.15) is 12.7 Å². The third-order valence-electron chi connectivity index (χ3n) is 4.85. The van der Waals surface area contributed by atoms with Crippen molar-refractivity contribution in [2.75, 3.05) is 0 Å². The van der Waals surface area contributed by atoms with Crippen LogP contribution in [0.3, 0.4) is 0 Å². The maximum absolute atomic E-state index is 12.9. The maximum atomic E-state index is 12.9. The fraction of sp³-hybridized carbons (Fsp3) is 0.174. The third-order valence-corrected chi connectivity index (χ3v) is 5.79. The summed E-state index contributed by atoms with van der Waals surface area (Å²) in [6, 6.07) is 20.0. The second kappa shape index (κ2) is 8.84. The second-order valence-electron chi connectivity index (χ2n) is 6.81. The van der Waals surface area contributed by atoms with Gasteiger partial charge in [-0.3, -0.25) is 4.79 Å². The Hall–Kier alpha value is -3.25. The number of hydrogen-bond donors (Lipinski definition) is 1. The van der Waals surface area contributed by atoms with E-state index >= 15 is 0 Å². The minimum atomic E-state index is -0.164. The first-order chi connectivity index (χ1) is 14.2. The van der Waals surface area contributed by atoms with Gasteiger partial charge < -0.3 is 5.32 Å². The summed E-state index contributed by atoms with van der Waals surface area (Å²) in [6.45, 7) is 2.77. The number of carbonyl (C=O) groups excluding carboxylic acids is 1. The van der Waals surface area contributed by atoms with Gasteiger partial charge in [0.15, 0.2) is 0 Å². The van der Waals surface area contributed by atoms with E-state index in [1.807, 2.05) is 35.7 Å². The molecule has 0 aliphatic carbocycles. The maximum Gasteiger partial charge on any atom is 0.252 e. The van der Waals surface area contributed by atoms with E-state index in [1.165, 1.54) is 11.9 Å². The van der Waals surface area contributed by atoms with E-state index in [9.17, 15) is 4.79 Å². The quantitative estimate of drug-likeness (QED) is 0.496. The first-order valence-electron chi connectivity index (χ1n) is 9.57. The predicted octanol–water partition coefficient (Wildman–Crippen LogP) is 4.47. The topological polar surface area (TPSA) is 59.8 Å². The second-order valence-corrected chi connectivity index (χ2v) is 7.79. The highest BCUT2D eigenvalue weighted by atomic mass is 32.1. The molecule has 0 fully saturated rings. The van der Waals surface area contributed by atoms with E-state index in [0.29, 0.717) is 12.1 Å². The van der Waals surface area contributed by atoms with Gasteiger partial charge in [-0.15, -0.1) is 11.3 Å². The van der Waals surface area contributed by atoms with Gasteiger partial charge in [0.25, 0.3) is 5.91 Å². The monoisotopic (exact) mass is 402 g/mol. The zero-order chi connectivity index (χ0) is 20.1. The molecule has 0 aliphatic rings. The molecule has 4 aromatic rings. The summed E-state index contributed by atoms with van der Waals surface area (Å²) in [5.74, 6) is -0.0877. The summed E-state index contributed by atoms with van der Waals surface area (Å²) in [4.78, 5) is 18.0. The van der Waals surface area contributed by atoms with E-state index in [4.69, 9.17) is 0 Å². The first kappa shape index (κ1) is 19.1. The fourth-order valence-corrected chi connectivity index (χ4v) is 4.00. The van der Waals surface area contributed by atoms with E-state index in [2.05, 4.69) is 52.7 Å². The number of nitrogens with zero attached hydrogens (tertiary/aromatic N) is 3. The minimum Gasteiger partial charge on any atom is -0.340 e. The molecule has 0 radical (unpaired) electrons. The van der Waals surface area contributed by atoms with Crippen LogP contribution < -0.4 is 5.32 Å². The minimum absolute atomic E-state index is 0.0877. The molecule has 4 rings (SSSR count). The third kappa shape index (κ3) is 4.60. The van der Waals surface area contributed by atoms with E-state index in [0.717, 1.165) is 22.4 Å². The largest absolute Gasteiger partial charge is 0.340 e. The zero-order valence-corrected chi connectivity index (χ0v) is 17.0. The summed E-state index contributed by atoms with van der Waals surface area (Å²) in [5.41, 5.74) is 4.07. The molecule has 2 heterocycles. The van der Waals surface area contributed by atoms with Crippen molar-refractivity contribution in [3.05, 3.63) is 106 Å². The number of aryl methyl sites for hydroxylation is 1. The summed E-state index contributed by atoms with van der Waals surface area (Å²) < 4.78 is 1.75. The molecule has 29 heavy (non-hydrogen) atoms. The van der Waals surface area contributed by atoms with Crippen LogP contribution in [-0.2, 0) is 13.0 Å². The summed E-state index contributed by atoms with van der Waals surface area (Å²) in [7, 11) is 0. The molecule has 1 amide bonds. The Bertz CT molecular complexity index is 1040. The Morgan fingerprint density at radius 1 is 1.07 bits per heavy atom. The van der Waals surface area contributed by atoms with Gasteiger partial charge in [-0.05, 0) is 46.7 Å². The molecule has 2 aromatic heterocycles. The Kier molecular flexibility index (Phi) is 5.81. The molecule has 6 heteroatoms. The van der Waals surface area contributed by atoms with Crippen molar-refractivity contribution in [3.63, 3.8) is 0 Å². The van der Waals surface area contributed by atoms with Crippen LogP contribution in [0.15, 0.2) is 78.7 Å². The molecule has 0 spiro atoms. The molecule has 0 bridgehead atoms. The predicted molar refractivity (Wildman–Crippen MR) is 115 cm³/mol. The summed E-state index contributed by atoms with van der Waals surface area (Å²) in [5, 5.41) is 9.34. The van der Waals surface area contributed by atoms with Crippen molar-refractivity contribution in [1.29, 1.82) is 0 Å². The van der Waals surface area contributed by atoms with Crippen LogP contribution in [-0.4, -0.2) is 20.7 Å². The van der Waals surface area contributed by atoms with Crippen molar-refractivity contribution >= 4 is 17.2 Å². The van der Waals surface area contributed by atoms with Gasteiger partial charge in [0.2, 0.25) is 0 Å². The number of rotatable bonds is 7. The van der Waals surface area contributed by atoms with Crippen LogP contribution in [0.4, 0.5) is 0 Å². The fourth-order valence-electron chi connectivity index (χ4n) is 3.20. The Labute approximate surface area is 174 Å². The Morgan fingerprint density at radius 2 is 1.83 bits per heavy atom. The Morgan fingerprint density at radius 3 is 2.45 bits per heavy atom. The molecule has 1 atom stereocenters. The summed E-state index contributed by atoms with van der Waals surface area (Å²) >= 11 is 1.65. The van der Waals surface area contributed by atoms with E-state index in [-0.39, 0.29) is 11.9 Å². The lowest BCUT2D eigenvalue weighted by atomic mass is 10.0. The molecule has 146 valence electrons. The average Bonchev–Trinajstić information content (AvgIpc) is 3.47. The number of hydrogen-bond acceptors (Lipinski definition) is 4. The van der Waals surface area contributed by atoms with Crippen molar-refractivity contribution in [2.24, 2.45) is 0 Å². The van der Waals surface area contributed by atoms with E-state index < -0.39 is 0 Å². The molecule has 0 aliphatic heterocycles. The van der Waals surface area contributed by atoms with Crippen LogP contribution >= 0.6 is 11.3 Å². The number of benzene rings is 2. The van der Waals surface area contributed by atoms with Crippen LogP contribution in [0.5, 0.6) is 0 Å². The smallest absolute Gasteiger partial charge is 0.252 e. The number of carbonyl (C=O) groups is 1. The highest BCUT2D eigenvalue weighted by Crippen LogP contribution is 2.27. The van der Waals surface area contributed by atoms with Gasteiger partial charge in [0, 0.05) is 10.4 Å². The number of nitrogens with one attached hydrogen (secondary N) is 1. The van der Waals surface area contributed by atoms with Gasteiger partial charge in [-0.2, -0.15) is 5.10 Å². The molecule has 1 N–H and O–H groups in total. The molecule has 1 unspecified atom stereocenters. The lowest BCUT2D eigenvalue weighted by molar-refractivity contribution is 0.0943. The normalized spacial score (nSPS) is 11.9. The first-order valence-corrected chi connectivity index (χ1v) is 10.5. The number of thiophene rings is 1. The SMILES string of the molecule is CCc1ccc(C(NC(=O)c2ccc(Cn3cncn3)cc2)c2cccs2)cc1. The van der Waals surface area contributed by atoms with Crippen LogP contribution in [0.25, 0.3) is 0 Å². The molecule has 5 nitrogen and oxygen atoms in total. The van der Waals surface area contributed by atoms with E-state index in [1.54, 1.807) is 22.3 Å². The lowest BCUT2D eigenvalue weighted by Crippen LogP contribution is -2.28. The Balaban J connectivity index is 1.51. The molecular weight excluding hydrogens is 380 g/mol. The highest BCUT2D eigenvalue weighted by Gasteiger charge is 2.19. The van der Waals surface area contributed by atoms with Crippen molar-refractivity contribution in [1.82, 2.24) is 20.1 Å². The highest BCUT2D eigenvalue weighted by molar-refractivity contribution is 7.10. The average molecular weight is 403 g/mol. The standard InChI is InChI=1S/C23H22N4OS/c1-2-17-5-9-19(10-6-17)22(21-4-3-13-29-21)26-23(28)20-11-7-18(8-12-20)14-27-16-24-15-25-27/h3-13,15-16,22H,2,14H2,1H3,(H,26,28).